The second kappa shape index (κ2) is 5.41. The van der Waals surface area contributed by atoms with E-state index in [1.165, 1.54) is 24.3 Å². The number of hydrogen-bond donors (Lipinski definition) is 1. The Labute approximate surface area is 89.3 Å². The maximum Gasteiger partial charge on any atom is 0.0489 e. The van der Waals surface area contributed by atoms with Gasteiger partial charge in [0.05, 0.1) is 0 Å². The minimum Gasteiger partial charge on any atom is -0.313 e. The number of aryl methyl sites for hydroxylation is 1. The second-order valence-electron chi connectivity index (χ2n) is 3.64. The molecule has 1 fully saturated rings. The van der Waals surface area contributed by atoms with Crippen molar-refractivity contribution in [3.63, 3.8) is 0 Å². The van der Waals surface area contributed by atoms with Gasteiger partial charge >= 0.3 is 0 Å². The SMILES string of the molecule is c1cnn(CCCNC2CCSC2)c1. The van der Waals surface area contributed by atoms with Crippen LogP contribution in [0.1, 0.15) is 12.8 Å². The molecule has 4 heteroatoms. The molecular formula is C10H17N3S. The molecule has 1 aliphatic rings. The molecule has 0 saturated carbocycles. The van der Waals surface area contributed by atoms with Crippen molar-refractivity contribution < 1.29 is 0 Å². The quantitative estimate of drug-likeness (QED) is 0.746. The zero-order valence-electron chi connectivity index (χ0n) is 8.35. The van der Waals surface area contributed by atoms with Crippen molar-refractivity contribution in [1.29, 1.82) is 0 Å². The van der Waals surface area contributed by atoms with Gasteiger partial charge in [0.1, 0.15) is 0 Å². The fraction of sp³-hybridized carbons (Fsp3) is 0.700. The first-order valence-corrected chi connectivity index (χ1v) is 6.39. The summed E-state index contributed by atoms with van der Waals surface area (Å²) in [5, 5.41) is 7.75. The summed E-state index contributed by atoms with van der Waals surface area (Å²) in [7, 11) is 0. The third-order valence-electron chi connectivity index (χ3n) is 2.49. The molecule has 0 spiro atoms. The Bertz CT molecular complexity index is 242. The highest BCUT2D eigenvalue weighted by atomic mass is 32.2. The molecular weight excluding hydrogens is 194 g/mol. The summed E-state index contributed by atoms with van der Waals surface area (Å²) in [6.07, 6.45) is 6.36. The van der Waals surface area contributed by atoms with Crippen molar-refractivity contribution in [2.75, 3.05) is 18.1 Å². The van der Waals surface area contributed by atoms with Gasteiger partial charge in [-0.1, -0.05) is 0 Å². The predicted octanol–water partition coefficient (Wildman–Crippen LogP) is 1.37. The molecule has 1 saturated heterocycles. The standard InChI is InChI=1S/C10H17N3S/c1(6-13-7-2-5-12-13)4-11-10-3-8-14-9-10/h2,5,7,10-11H,1,3-4,6,8-9H2. The van der Waals surface area contributed by atoms with Crippen LogP contribution in [-0.2, 0) is 6.54 Å². The molecule has 1 aromatic heterocycles. The molecule has 1 unspecified atom stereocenters. The normalized spacial score (nSPS) is 21.6. The van der Waals surface area contributed by atoms with E-state index in [0.717, 1.165) is 19.1 Å². The van der Waals surface area contributed by atoms with E-state index in [1.807, 2.05) is 23.1 Å². The molecule has 0 aliphatic carbocycles. The van der Waals surface area contributed by atoms with Gasteiger partial charge in [-0.05, 0) is 31.2 Å². The number of thioether (sulfide) groups is 1. The average molecular weight is 211 g/mol. The van der Waals surface area contributed by atoms with Crippen molar-refractivity contribution in [1.82, 2.24) is 15.1 Å². The monoisotopic (exact) mass is 211 g/mol. The summed E-state index contributed by atoms with van der Waals surface area (Å²) in [6.45, 7) is 2.14. The van der Waals surface area contributed by atoms with Gasteiger partial charge in [-0.15, -0.1) is 0 Å². The lowest BCUT2D eigenvalue weighted by Crippen LogP contribution is -2.30. The lowest BCUT2D eigenvalue weighted by atomic mass is 10.2. The maximum absolute atomic E-state index is 4.17. The van der Waals surface area contributed by atoms with Crippen molar-refractivity contribution in [2.24, 2.45) is 0 Å². The van der Waals surface area contributed by atoms with Crippen LogP contribution >= 0.6 is 11.8 Å². The van der Waals surface area contributed by atoms with Crippen LogP contribution in [0.4, 0.5) is 0 Å². The number of nitrogens with one attached hydrogen (secondary N) is 1. The van der Waals surface area contributed by atoms with Gasteiger partial charge in [-0.3, -0.25) is 4.68 Å². The fourth-order valence-electron chi connectivity index (χ4n) is 1.68. The Morgan fingerprint density at radius 1 is 1.57 bits per heavy atom. The molecule has 0 radical (unpaired) electrons. The lowest BCUT2D eigenvalue weighted by molar-refractivity contribution is 0.501. The molecule has 1 aromatic rings. The molecule has 14 heavy (non-hydrogen) atoms. The van der Waals surface area contributed by atoms with Crippen molar-refractivity contribution in [3.05, 3.63) is 18.5 Å². The molecule has 0 bridgehead atoms. The predicted molar refractivity (Wildman–Crippen MR) is 60.6 cm³/mol. The van der Waals surface area contributed by atoms with Gasteiger partial charge in [-0.2, -0.15) is 16.9 Å². The number of nitrogens with zero attached hydrogens (tertiary/aromatic N) is 2. The number of rotatable bonds is 5. The van der Waals surface area contributed by atoms with Gasteiger partial charge in [-0.25, -0.2) is 0 Å². The van der Waals surface area contributed by atoms with E-state index in [4.69, 9.17) is 0 Å². The van der Waals surface area contributed by atoms with Crippen LogP contribution in [0.2, 0.25) is 0 Å². The van der Waals surface area contributed by atoms with Crippen molar-refractivity contribution in [3.8, 4) is 0 Å². The van der Waals surface area contributed by atoms with E-state index in [1.54, 1.807) is 0 Å². The molecule has 1 aliphatic heterocycles. The maximum atomic E-state index is 4.17. The Balaban J connectivity index is 1.55. The molecule has 1 atom stereocenters. The minimum atomic E-state index is 0.762. The molecule has 2 rings (SSSR count). The van der Waals surface area contributed by atoms with E-state index in [2.05, 4.69) is 22.2 Å². The zero-order chi connectivity index (χ0) is 9.64. The Morgan fingerprint density at radius 3 is 3.29 bits per heavy atom. The third kappa shape index (κ3) is 3.03. The Morgan fingerprint density at radius 2 is 2.57 bits per heavy atom. The second-order valence-corrected chi connectivity index (χ2v) is 4.79. The van der Waals surface area contributed by atoms with E-state index in [-0.39, 0.29) is 0 Å². The summed E-state index contributed by atoms with van der Waals surface area (Å²) in [4.78, 5) is 0. The highest BCUT2D eigenvalue weighted by Crippen LogP contribution is 2.16. The van der Waals surface area contributed by atoms with Gasteiger partial charge < -0.3 is 5.32 Å². The highest BCUT2D eigenvalue weighted by Gasteiger charge is 2.13. The molecule has 3 nitrogen and oxygen atoms in total. The van der Waals surface area contributed by atoms with Crippen LogP contribution in [0, 0.1) is 0 Å². The van der Waals surface area contributed by atoms with Crippen molar-refractivity contribution in [2.45, 2.75) is 25.4 Å². The topological polar surface area (TPSA) is 29.9 Å². The summed E-state index contributed by atoms with van der Waals surface area (Å²) in [5.74, 6) is 2.62. The van der Waals surface area contributed by atoms with Crippen LogP contribution in [-0.4, -0.2) is 33.9 Å². The van der Waals surface area contributed by atoms with Crippen LogP contribution in [0.3, 0.4) is 0 Å². The molecule has 2 heterocycles. The van der Waals surface area contributed by atoms with Crippen LogP contribution in [0.5, 0.6) is 0 Å². The van der Waals surface area contributed by atoms with E-state index >= 15 is 0 Å². The van der Waals surface area contributed by atoms with E-state index in [0.29, 0.717) is 0 Å². The summed E-state index contributed by atoms with van der Waals surface area (Å²) in [5.41, 5.74) is 0. The number of hydrogen-bond acceptors (Lipinski definition) is 3. The first kappa shape index (κ1) is 10.1. The molecule has 78 valence electrons. The average Bonchev–Trinajstić information content (AvgIpc) is 2.86. The van der Waals surface area contributed by atoms with Crippen LogP contribution in [0.25, 0.3) is 0 Å². The lowest BCUT2D eigenvalue weighted by Gasteiger charge is -2.10. The van der Waals surface area contributed by atoms with Gasteiger partial charge in [0.25, 0.3) is 0 Å². The molecule has 1 N–H and O–H groups in total. The molecule has 0 amide bonds. The summed E-state index contributed by atoms with van der Waals surface area (Å²) in [6, 6.07) is 2.73. The third-order valence-corrected chi connectivity index (χ3v) is 3.65. The number of aromatic nitrogens is 2. The first-order valence-electron chi connectivity index (χ1n) is 5.24. The van der Waals surface area contributed by atoms with Gasteiger partial charge in [0.2, 0.25) is 0 Å². The largest absolute Gasteiger partial charge is 0.313 e. The van der Waals surface area contributed by atoms with Gasteiger partial charge in [0.15, 0.2) is 0 Å². The molecule has 0 aromatic carbocycles. The van der Waals surface area contributed by atoms with E-state index < -0.39 is 0 Å². The van der Waals surface area contributed by atoms with Gasteiger partial charge in [0, 0.05) is 30.7 Å². The van der Waals surface area contributed by atoms with Crippen LogP contribution in [0.15, 0.2) is 18.5 Å². The van der Waals surface area contributed by atoms with E-state index in [9.17, 15) is 0 Å². The Kier molecular flexibility index (Phi) is 3.89. The smallest absolute Gasteiger partial charge is 0.0489 e. The fourth-order valence-corrected chi connectivity index (χ4v) is 2.86. The first-order chi connectivity index (χ1) is 6.95. The zero-order valence-corrected chi connectivity index (χ0v) is 9.17. The summed E-state index contributed by atoms with van der Waals surface area (Å²) < 4.78 is 1.99. The Hall–Kier alpha value is -0.480. The van der Waals surface area contributed by atoms with Crippen molar-refractivity contribution >= 4 is 11.8 Å². The summed E-state index contributed by atoms with van der Waals surface area (Å²) >= 11 is 2.06. The minimum absolute atomic E-state index is 0.762. The van der Waals surface area contributed by atoms with Crippen LogP contribution < -0.4 is 5.32 Å². The highest BCUT2D eigenvalue weighted by molar-refractivity contribution is 7.99.